The highest BCUT2D eigenvalue weighted by Gasteiger charge is 2.51. The van der Waals surface area contributed by atoms with Crippen LogP contribution < -0.4 is 10.6 Å². The van der Waals surface area contributed by atoms with Gasteiger partial charge >= 0.3 is 0 Å². The van der Waals surface area contributed by atoms with Crippen molar-refractivity contribution in [2.45, 2.75) is 43.6 Å². The van der Waals surface area contributed by atoms with E-state index in [-0.39, 0.29) is 35.5 Å². The molecule has 4 nitrogen and oxygen atoms in total. The first-order chi connectivity index (χ1) is 11.1. The topological polar surface area (TPSA) is 55.6 Å². The largest absolute Gasteiger partial charge is 0.381 e. The third-order valence-electron chi connectivity index (χ3n) is 5.91. The number of fused-ring (bicyclic) bond motifs is 2. The van der Waals surface area contributed by atoms with Crippen LogP contribution in [0, 0.1) is 11.7 Å². The lowest BCUT2D eigenvalue weighted by Gasteiger charge is -2.39. The van der Waals surface area contributed by atoms with Crippen LogP contribution in [0.3, 0.4) is 0 Å². The van der Waals surface area contributed by atoms with Crippen LogP contribution in [0.25, 0.3) is 0 Å². The van der Waals surface area contributed by atoms with Crippen LogP contribution in [-0.4, -0.2) is 31.7 Å². The minimum absolute atomic E-state index is 0. The van der Waals surface area contributed by atoms with Crippen molar-refractivity contribution in [2.75, 3.05) is 24.7 Å². The van der Waals surface area contributed by atoms with Gasteiger partial charge in [0.25, 0.3) is 0 Å². The number of nitrogens with zero attached hydrogens (tertiary/aromatic N) is 1. The van der Waals surface area contributed by atoms with E-state index in [0.29, 0.717) is 19.8 Å². The van der Waals surface area contributed by atoms with Gasteiger partial charge in [0.15, 0.2) is 0 Å². The molecule has 1 saturated heterocycles. The van der Waals surface area contributed by atoms with Crippen molar-refractivity contribution in [3.63, 3.8) is 0 Å². The zero-order valence-corrected chi connectivity index (χ0v) is 14.5. The maximum absolute atomic E-state index is 14.4. The summed E-state index contributed by atoms with van der Waals surface area (Å²) in [5.41, 5.74) is 7.57. The number of carbonyl (C=O) groups is 1. The summed E-state index contributed by atoms with van der Waals surface area (Å²) in [6.45, 7) is 1.92. The molecule has 24 heavy (non-hydrogen) atoms. The Hall–Kier alpha value is -1.17. The molecule has 2 aliphatic heterocycles. The zero-order valence-electron chi connectivity index (χ0n) is 13.7. The third-order valence-corrected chi connectivity index (χ3v) is 5.91. The lowest BCUT2D eigenvalue weighted by Crippen LogP contribution is -2.51. The number of nitrogens with two attached hydrogens (primary N) is 1. The Labute approximate surface area is 147 Å². The molecule has 1 atom stereocenters. The van der Waals surface area contributed by atoms with Crippen LogP contribution in [0.4, 0.5) is 10.1 Å². The van der Waals surface area contributed by atoms with Crippen molar-refractivity contribution in [1.29, 1.82) is 0 Å². The van der Waals surface area contributed by atoms with E-state index in [1.54, 1.807) is 11.0 Å². The van der Waals surface area contributed by atoms with Gasteiger partial charge in [-0.05, 0) is 43.7 Å². The number of ether oxygens (including phenoxy) is 1. The molecule has 1 aromatic rings. The van der Waals surface area contributed by atoms with Gasteiger partial charge < -0.3 is 15.4 Å². The maximum Gasteiger partial charge on any atom is 0.244 e. The molecule has 2 fully saturated rings. The molecule has 132 valence electrons. The van der Waals surface area contributed by atoms with Gasteiger partial charge in [-0.2, -0.15) is 0 Å². The van der Waals surface area contributed by atoms with Crippen molar-refractivity contribution in [3.05, 3.63) is 29.6 Å². The van der Waals surface area contributed by atoms with Crippen LogP contribution in [0.1, 0.15) is 37.7 Å². The molecular weight excluding hydrogens is 331 g/mol. The van der Waals surface area contributed by atoms with Gasteiger partial charge in [-0.15, -0.1) is 12.4 Å². The van der Waals surface area contributed by atoms with E-state index in [0.717, 1.165) is 43.4 Å². The Morgan fingerprint density at radius 2 is 2.04 bits per heavy atom. The first kappa shape index (κ1) is 17.6. The molecule has 6 heteroatoms. The van der Waals surface area contributed by atoms with E-state index in [2.05, 4.69) is 0 Å². The fraction of sp³-hybridized carbons (Fsp3) is 0.611. The van der Waals surface area contributed by atoms with E-state index in [1.165, 1.54) is 6.07 Å². The van der Waals surface area contributed by atoms with Crippen molar-refractivity contribution >= 4 is 24.0 Å². The summed E-state index contributed by atoms with van der Waals surface area (Å²) in [6.07, 6.45) is 4.65. The molecular formula is C18H24ClFN2O2. The van der Waals surface area contributed by atoms with Crippen molar-refractivity contribution in [3.8, 4) is 0 Å². The fourth-order valence-corrected chi connectivity index (χ4v) is 4.39. The second-order valence-corrected chi connectivity index (χ2v) is 7.17. The highest BCUT2D eigenvalue weighted by Crippen LogP contribution is 2.53. The van der Waals surface area contributed by atoms with E-state index in [9.17, 15) is 9.18 Å². The number of rotatable bonds is 2. The number of halogens is 2. The van der Waals surface area contributed by atoms with Crippen LogP contribution in [0.15, 0.2) is 18.2 Å². The average Bonchev–Trinajstić information content (AvgIpc) is 2.91. The van der Waals surface area contributed by atoms with Crippen LogP contribution in [0.5, 0.6) is 0 Å². The smallest absolute Gasteiger partial charge is 0.244 e. The highest BCUT2D eigenvalue weighted by atomic mass is 35.5. The van der Waals surface area contributed by atoms with Gasteiger partial charge in [0.1, 0.15) is 5.82 Å². The number of anilines is 1. The summed E-state index contributed by atoms with van der Waals surface area (Å²) >= 11 is 0. The molecule has 1 spiro atoms. The third kappa shape index (κ3) is 2.63. The van der Waals surface area contributed by atoms with E-state index in [4.69, 9.17) is 10.5 Å². The van der Waals surface area contributed by atoms with Crippen molar-refractivity contribution in [1.82, 2.24) is 0 Å². The lowest BCUT2D eigenvalue weighted by molar-refractivity contribution is -0.121. The van der Waals surface area contributed by atoms with Gasteiger partial charge in [0.05, 0.1) is 11.7 Å². The van der Waals surface area contributed by atoms with E-state index in [1.807, 2.05) is 6.07 Å². The van der Waals surface area contributed by atoms with Gasteiger partial charge in [0.2, 0.25) is 5.91 Å². The lowest BCUT2D eigenvalue weighted by atomic mass is 9.65. The summed E-state index contributed by atoms with van der Waals surface area (Å²) in [5.74, 6) is -0.0872. The molecule has 4 rings (SSSR count). The number of benzene rings is 1. The van der Waals surface area contributed by atoms with Crippen molar-refractivity contribution in [2.24, 2.45) is 11.7 Å². The van der Waals surface area contributed by atoms with Gasteiger partial charge in [0, 0.05) is 30.7 Å². The normalized spacial score (nSPS) is 23.3. The summed E-state index contributed by atoms with van der Waals surface area (Å²) in [7, 11) is 0. The summed E-state index contributed by atoms with van der Waals surface area (Å²) in [6, 6.07) is 4.53. The molecule has 0 bridgehead atoms. The summed E-state index contributed by atoms with van der Waals surface area (Å²) in [5, 5.41) is 0. The molecule has 2 N–H and O–H groups in total. The predicted molar refractivity (Wildman–Crippen MR) is 93.0 cm³/mol. The molecule has 1 saturated carbocycles. The van der Waals surface area contributed by atoms with E-state index >= 15 is 0 Å². The Kier molecular flexibility index (Phi) is 4.87. The Morgan fingerprint density at radius 3 is 2.67 bits per heavy atom. The van der Waals surface area contributed by atoms with Gasteiger partial charge in [-0.25, -0.2) is 4.39 Å². The van der Waals surface area contributed by atoms with Gasteiger partial charge in [-0.1, -0.05) is 12.5 Å². The molecule has 1 unspecified atom stereocenters. The number of amides is 1. The molecule has 2 heterocycles. The summed E-state index contributed by atoms with van der Waals surface area (Å²) in [4.78, 5) is 14.7. The van der Waals surface area contributed by atoms with Gasteiger partial charge in [-0.3, -0.25) is 4.79 Å². The molecule has 1 amide bonds. The minimum atomic E-state index is -0.523. The Balaban J connectivity index is 0.00000169. The Morgan fingerprint density at radius 1 is 1.33 bits per heavy atom. The first-order valence-electron chi connectivity index (χ1n) is 8.56. The number of hydrogen-bond acceptors (Lipinski definition) is 3. The molecule has 1 aliphatic carbocycles. The second-order valence-electron chi connectivity index (χ2n) is 7.17. The monoisotopic (exact) mass is 354 g/mol. The maximum atomic E-state index is 14.4. The predicted octanol–water partition coefficient (Wildman–Crippen LogP) is 2.77. The SMILES string of the molecule is Cl.NC(C(=O)N1CC2(CCC2)c2c(F)cccc21)C1CCOCC1. The second kappa shape index (κ2) is 6.62. The van der Waals surface area contributed by atoms with Crippen LogP contribution >= 0.6 is 12.4 Å². The standard InChI is InChI=1S/C18H23FN2O2.ClH/c19-13-3-1-4-14-15(13)18(7-2-8-18)11-21(14)17(22)16(20)12-5-9-23-10-6-12;/h1,3-4,12,16H,2,5-11,20H2;1H. The fourth-order valence-electron chi connectivity index (χ4n) is 4.39. The first-order valence-corrected chi connectivity index (χ1v) is 8.56. The van der Waals surface area contributed by atoms with Crippen LogP contribution in [0.2, 0.25) is 0 Å². The number of hydrogen-bond donors (Lipinski definition) is 1. The molecule has 0 aromatic heterocycles. The minimum Gasteiger partial charge on any atom is -0.381 e. The highest BCUT2D eigenvalue weighted by molar-refractivity contribution is 6.00. The van der Waals surface area contributed by atoms with E-state index < -0.39 is 6.04 Å². The summed E-state index contributed by atoms with van der Waals surface area (Å²) < 4.78 is 19.8. The average molecular weight is 355 g/mol. The number of carbonyl (C=O) groups excluding carboxylic acids is 1. The quantitative estimate of drug-likeness (QED) is 0.888. The van der Waals surface area contributed by atoms with Crippen molar-refractivity contribution < 1.29 is 13.9 Å². The zero-order chi connectivity index (χ0) is 16.0. The molecule has 1 aromatic carbocycles. The molecule has 3 aliphatic rings. The molecule has 0 radical (unpaired) electrons. The Bertz CT molecular complexity index is 629. The van der Waals surface area contributed by atoms with Crippen LogP contribution in [-0.2, 0) is 14.9 Å².